The number of nitrogens with two attached hydrogens (primary N) is 1. The maximum absolute atomic E-state index is 13.0. The van der Waals surface area contributed by atoms with Crippen LogP contribution >= 0.6 is 0 Å². The molecule has 1 aromatic heterocycles. The lowest BCUT2D eigenvalue weighted by atomic mass is 10.1. The summed E-state index contributed by atoms with van der Waals surface area (Å²) in [6, 6.07) is 1.12. The summed E-state index contributed by atoms with van der Waals surface area (Å²) in [7, 11) is 0. The van der Waals surface area contributed by atoms with Crippen molar-refractivity contribution in [3.8, 4) is 0 Å². The summed E-state index contributed by atoms with van der Waals surface area (Å²) in [5, 5.41) is 2.75. The minimum absolute atomic E-state index is 0.0600. The molecule has 21 heavy (non-hydrogen) atoms. The lowest BCUT2D eigenvalue weighted by Gasteiger charge is -2.07. The molecule has 3 N–H and O–H groups in total. The molecular weight excluding hydrogens is 269 g/mol. The van der Waals surface area contributed by atoms with Crippen molar-refractivity contribution < 1.29 is 9.18 Å². The van der Waals surface area contributed by atoms with E-state index < -0.39 is 5.82 Å². The fourth-order valence-corrected chi connectivity index (χ4v) is 2.19. The maximum atomic E-state index is 13.0. The molecule has 5 heteroatoms. The predicted octanol–water partition coefficient (Wildman–Crippen LogP) is 3.67. The average Bonchev–Trinajstić information content (AvgIpc) is 2.48. The highest BCUT2D eigenvalue weighted by molar-refractivity contribution is 5.98. The number of nitrogen functional groups attached to an aromatic ring is 1. The first-order valence-corrected chi connectivity index (χ1v) is 7.84. The highest BCUT2D eigenvalue weighted by Crippen LogP contribution is 2.10. The van der Waals surface area contributed by atoms with Crippen molar-refractivity contribution in [1.82, 2.24) is 10.3 Å². The van der Waals surface area contributed by atoms with E-state index >= 15 is 0 Å². The van der Waals surface area contributed by atoms with Gasteiger partial charge in [0.1, 0.15) is 11.6 Å². The molecule has 0 aliphatic carbocycles. The molecule has 0 spiro atoms. The molecule has 4 nitrogen and oxygen atoms in total. The van der Waals surface area contributed by atoms with Gasteiger partial charge in [-0.3, -0.25) is 4.79 Å². The molecule has 0 fully saturated rings. The van der Waals surface area contributed by atoms with Crippen LogP contribution in [0.25, 0.3) is 0 Å². The third kappa shape index (κ3) is 7.06. The lowest BCUT2D eigenvalue weighted by Crippen LogP contribution is -2.25. The Morgan fingerprint density at radius 1 is 1.19 bits per heavy atom. The number of aromatic nitrogens is 1. The van der Waals surface area contributed by atoms with Crippen LogP contribution in [0.1, 0.15) is 68.6 Å². The van der Waals surface area contributed by atoms with Gasteiger partial charge >= 0.3 is 0 Å². The predicted molar refractivity (Wildman–Crippen MR) is 83.6 cm³/mol. The Labute approximate surface area is 126 Å². The van der Waals surface area contributed by atoms with Crippen LogP contribution in [0.4, 0.5) is 10.2 Å². The number of halogens is 1. The third-order valence-corrected chi connectivity index (χ3v) is 3.45. The molecule has 0 unspecified atom stereocenters. The van der Waals surface area contributed by atoms with E-state index in [2.05, 4.69) is 17.2 Å². The smallest absolute Gasteiger partial charge is 0.255 e. The largest absolute Gasteiger partial charge is 0.383 e. The van der Waals surface area contributed by atoms with Gasteiger partial charge in [0.2, 0.25) is 0 Å². The van der Waals surface area contributed by atoms with Crippen LogP contribution in [-0.2, 0) is 0 Å². The second kappa shape index (κ2) is 10.1. The summed E-state index contributed by atoms with van der Waals surface area (Å²) < 4.78 is 13.0. The first kappa shape index (κ1) is 17.4. The third-order valence-electron chi connectivity index (χ3n) is 3.45. The zero-order valence-corrected chi connectivity index (χ0v) is 12.8. The zero-order valence-electron chi connectivity index (χ0n) is 12.8. The summed E-state index contributed by atoms with van der Waals surface area (Å²) in [4.78, 5) is 15.5. The Kier molecular flexibility index (Phi) is 8.40. The molecule has 0 aromatic carbocycles. The molecular formula is C16H26FN3O. The fraction of sp³-hybridized carbons (Fsp3) is 0.625. The maximum Gasteiger partial charge on any atom is 0.255 e. The van der Waals surface area contributed by atoms with Gasteiger partial charge in [-0.15, -0.1) is 0 Å². The molecule has 0 atom stereocenters. The average molecular weight is 295 g/mol. The van der Waals surface area contributed by atoms with E-state index in [1.165, 1.54) is 38.5 Å². The highest BCUT2D eigenvalue weighted by Gasteiger charge is 2.11. The number of hydrogen-bond donors (Lipinski definition) is 2. The van der Waals surface area contributed by atoms with Crippen LogP contribution in [0.3, 0.4) is 0 Å². The first-order valence-electron chi connectivity index (χ1n) is 7.84. The topological polar surface area (TPSA) is 68.0 Å². The molecule has 1 aromatic rings. The number of nitrogens with one attached hydrogen (secondary N) is 1. The first-order chi connectivity index (χ1) is 10.1. The molecule has 0 radical (unpaired) electrons. The zero-order chi connectivity index (χ0) is 15.5. The summed E-state index contributed by atoms with van der Waals surface area (Å²) in [6.07, 6.45) is 10.7. The Bertz CT molecular complexity index is 438. The fourth-order valence-electron chi connectivity index (χ4n) is 2.19. The van der Waals surface area contributed by atoms with Gasteiger partial charge in [0.25, 0.3) is 5.91 Å². The van der Waals surface area contributed by atoms with Crippen molar-refractivity contribution >= 4 is 11.7 Å². The van der Waals surface area contributed by atoms with Gasteiger partial charge in [0.15, 0.2) is 0 Å². The second-order valence-electron chi connectivity index (χ2n) is 5.32. The van der Waals surface area contributed by atoms with Crippen molar-refractivity contribution in [2.24, 2.45) is 0 Å². The molecule has 0 aliphatic heterocycles. The number of hydrogen-bond acceptors (Lipinski definition) is 3. The Balaban J connectivity index is 2.12. The van der Waals surface area contributed by atoms with Gasteiger partial charge in [-0.25, -0.2) is 9.37 Å². The monoisotopic (exact) mass is 295 g/mol. The van der Waals surface area contributed by atoms with Crippen LogP contribution in [0.15, 0.2) is 12.3 Å². The van der Waals surface area contributed by atoms with Crippen molar-refractivity contribution in [3.63, 3.8) is 0 Å². The second-order valence-corrected chi connectivity index (χ2v) is 5.32. The van der Waals surface area contributed by atoms with E-state index in [-0.39, 0.29) is 17.3 Å². The standard InChI is InChI=1S/C16H26FN3O/c1-2-3-4-5-6-7-8-9-10-19-16(21)14-11-13(17)12-20-15(14)18/h11-12H,2-10H2,1H3,(H2,18,20)(H,19,21). The number of rotatable bonds is 10. The summed E-state index contributed by atoms with van der Waals surface area (Å²) >= 11 is 0. The molecule has 1 heterocycles. The van der Waals surface area contributed by atoms with Gasteiger partial charge in [-0.2, -0.15) is 0 Å². The van der Waals surface area contributed by atoms with Gasteiger partial charge in [0.05, 0.1) is 11.8 Å². The lowest BCUT2D eigenvalue weighted by molar-refractivity contribution is 0.0953. The minimum Gasteiger partial charge on any atom is -0.383 e. The Morgan fingerprint density at radius 3 is 2.48 bits per heavy atom. The van der Waals surface area contributed by atoms with Crippen LogP contribution in [0, 0.1) is 5.82 Å². The summed E-state index contributed by atoms with van der Waals surface area (Å²) in [5.41, 5.74) is 5.67. The number of carbonyl (C=O) groups is 1. The Hall–Kier alpha value is -1.65. The van der Waals surface area contributed by atoms with Crippen LogP contribution in [-0.4, -0.2) is 17.4 Å². The van der Waals surface area contributed by atoms with E-state index in [0.717, 1.165) is 25.1 Å². The molecule has 0 aliphatic rings. The number of carbonyl (C=O) groups excluding carboxylic acids is 1. The van der Waals surface area contributed by atoms with Crippen LogP contribution in [0.2, 0.25) is 0 Å². The molecule has 1 rings (SSSR count). The molecule has 0 saturated carbocycles. The minimum atomic E-state index is -0.554. The van der Waals surface area contributed by atoms with E-state index in [0.29, 0.717) is 6.54 Å². The highest BCUT2D eigenvalue weighted by atomic mass is 19.1. The van der Waals surface area contributed by atoms with Crippen LogP contribution in [0.5, 0.6) is 0 Å². The number of amides is 1. The number of pyridine rings is 1. The van der Waals surface area contributed by atoms with E-state index in [4.69, 9.17) is 5.73 Å². The molecule has 118 valence electrons. The van der Waals surface area contributed by atoms with Crippen molar-refractivity contribution in [3.05, 3.63) is 23.6 Å². The quantitative estimate of drug-likeness (QED) is 0.647. The van der Waals surface area contributed by atoms with E-state index in [1.807, 2.05) is 0 Å². The van der Waals surface area contributed by atoms with Crippen molar-refractivity contribution in [1.29, 1.82) is 0 Å². The normalized spacial score (nSPS) is 10.6. The van der Waals surface area contributed by atoms with Gasteiger partial charge in [-0.05, 0) is 12.5 Å². The Morgan fingerprint density at radius 2 is 1.81 bits per heavy atom. The number of anilines is 1. The van der Waals surface area contributed by atoms with Crippen molar-refractivity contribution in [2.75, 3.05) is 12.3 Å². The number of unbranched alkanes of at least 4 members (excludes halogenated alkanes) is 7. The summed E-state index contributed by atoms with van der Waals surface area (Å²) in [6.45, 7) is 2.80. The van der Waals surface area contributed by atoms with E-state index in [1.54, 1.807) is 0 Å². The van der Waals surface area contributed by atoms with E-state index in [9.17, 15) is 9.18 Å². The molecule has 1 amide bonds. The SMILES string of the molecule is CCCCCCCCCCNC(=O)c1cc(F)cnc1N. The molecule has 0 saturated heterocycles. The van der Waals surface area contributed by atoms with Gasteiger partial charge in [-0.1, -0.05) is 51.9 Å². The number of nitrogens with zero attached hydrogens (tertiary/aromatic N) is 1. The molecule has 0 bridgehead atoms. The van der Waals surface area contributed by atoms with Gasteiger partial charge < -0.3 is 11.1 Å². The van der Waals surface area contributed by atoms with Crippen molar-refractivity contribution in [2.45, 2.75) is 58.3 Å². The summed E-state index contributed by atoms with van der Waals surface area (Å²) in [5.74, 6) is -0.853. The van der Waals surface area contributed by atoms with Crippen LogP contribution < -0.4 is 11.1 Å². The van der Waals surface area contributed by atoms with Gasteiger partial charge in [0, 0.05) is 6.54 Å².